The van der Waals surface area contributed by atoms with Gasteiger partial charge in [0.15, 0.2) is 5.76 Å². The summed E-state index contributed by atoms with van der Waals surface area (Å²) in [6.45, 7) is 4.22. The summed E-state index contributed by atoms with van der Waals surface area (Å²) in [6.07, 6.45) is 1.86. The van der Waals surface area contributed by atoms with Gasteiger partial charge < -0.3 is 19.0 Å². The Hall–Kier alpha value is -1.63. The third-order valence-electron chi connectivity index (χ3n) is 3.27. The highest BCUT2D eigenvalue weighted by Crippen LogP contribution is 2.21. The van der Waals surface area contributed by atoms with Gasteiger partial charge in [-0.1, -0.05) is 5.16 Å². The first-order valence-electron chi connectivity index (χ1n) is 6.81. The number of hydrogen-bond donors (Lipinski definition) is 1. The SMILES string of the molecule is CN(Cc1cc(-c2ccco2)on1)CC1CNCCO1. The monoisotopic (exact) mass is 277 g/mol. The third-order valence-corrected chi connectivity index (χ3v) is 3.27. The van der Waals surface area contributed by atoms with Crippen LogP contribution in [0.15, 0.2) is 33.4 Å². The van der Waals surface area contributed by atoms with E-state index in [4.69, 9.17) is 13.7 Å². The molecule has 1 atom stereocenters. The summed E-state index contributed by atoms with van der Waals surface area (Å²) >= 11 is 0. The molecule has 0 radical (unpaired) electrons. The van der Waals surface area contributed by atoms with E-state index >= 15 is 0 Å². The molecule has 6 nitrogen and oxygen atoms in total. The molecule has 0 saturated carbocycles. The van der Waals surface area contributed by atoms with Gasteiger partial charge in [0.2, 0.25) is 5.76 Å². The molecule has 0 aromatic carbocycles. The first kappa shape index (κ1) is 13.4. The van der Waals surface area contributed by atoms with Gasteiger partial charge in [-0.3, -0.25) is 4.90 Å². The average Bonchev–Trinajstić information content (AvgIpc) is 3.10. The van der Waals surface area contributed by atoms with Crippen molar-refractivity contribution in [2.45, 2.75) is 12.6 Å². The number of nitrogens with zero attached hydrogens (tertiary/aromatic N) is 2. The van der Waals surface area contributed by atoms with E-state index < -0.39 is 0 Å². The van der Waals surface area contributed by atoms with Crippen molar-refractivity contribution in [3.63, 3.8) is 0 Å². The molecular formula is C14H19N3O3. The first-order valence-corrected chi connectivity index (χ1v) is 6.81. The highest BCUT2D eigenvalue weighted by atomic mass is 16.5. The topological polar surface area (TPSA) is 63.7 Å². The second kappa shape index (κ2) is 6.21. The molecule has 0 spiro atoms. The summed E-state index contributed by atoms with van der Waals surface area (Å²) in [5.74, 6) is 1.36. The molecule has 2 aromatic rings. The first-order chi connectivity index (χ1) is 9.81. The van der Waals surface area contributed by atoms with Crippen molar-refractivity contribution >= 4 is 0 Å². The molecule has 108 valence electrons. The smallest absolute Gasteiger partial charge is 0.202 e. The molecule has 6 heteroatoms. The summed E-state index contributed by atoms with van der Waals surface area (Å²) in [4.78, 5) is 2.18. The van der Waals surface area contributed by atoms with E-state index in [1.807, 2.05) is 18.2 Å². The number of furan rings is 1. The predicted molar refractivity (Wildman–Crippen MR) is 73.1 cm³/mol. The second-order valence-corrected chi connectivity index (χ2v) is 5.05. The molecule has 1 unspecified atom stereocenters. The van der Waals surface area contributed by atoms with Gasteiger partial charge in [-0.25, -0.2) is 0 Å². The lowest BCUT2D eigenvalue weighted by molar-refractivity contribution is 0.00856. The van der Waals surface area contributed by atoms with Crippen LogP contribution >= 0.6 is 0 Å². The van der Waals surface area contributed by atoms with Crippen molar-refractivity contribution in [2.75, 3.05) is 33.3 Å². The highest BCUT2D eigenvalue weighted by Gasteiger charge is 2.17. The molecule has 3 heterocycles. The Kier molecular flexibility index (Phi) is 4.15. The van der Waals surface area contributed by atoms with Gasteiger partial charge in [0.1, 0.15) is 0 Å². The molecule has 1 N–H and O–H groups in total. The zero-order valence-electron chi connectivity index (χ0n) is 11.5. The van der Waals surface area contributed by atoms with Crippen molar-refractivity contribution in [3.8, 4) is 11.5 Å². The lowest BCUT2D eigenvalue weighted by atomic mass is 10.2. The molecular weight excluding hydrogens is 258 g/mol. The van der Waals surface area contributed by atoms with Crippen molar-refractivity contribution in [1.29, 1.82) is 0 Å². The largest absolute Gasteiger partial charge is 0.461 e. The van der Waals surface area contributed by atoms with Crippen LogP contribution in [0.4, 0.5) is 0 Å². The van der Waals surface area contributed by atoms with E-state index in [1.165, 1.54) is 0 Å². The molecule has 1 fully saturated rings. The quantitative estimate of drug-likeness (QED) is 0.890. The van der Waals surface area contributed by atoms with Crippen molar-refractivity contribution in [2.24, 2.45) is 0 Å². The van der Waals surface area contributed by atoms with E-state index in [2.05, 4.69) is 22.4 Å². The summed E-state index contributed by atoms with van der Waals surface area (Å²) in [7, 11) is 2.05. The number of ether oxygens (including phenoxy) is 1. The van der Waals surface area contributed by atoms with Crippen molar-refractivity contribution in [3.05, 3.63) is 30.2 Å². The lowest BCUT2D eigenvalue weighted by Crippen LogP contribution is -2.44. The van der Waals surface area contributed by atoms with Crippen LogP contribution in [0.25, 0.3) is 11.5 Å². The normalized spacial score (nSPS) is 19.6. The molecule has 0 aliphatic carbocycles. The molecule has 0 bridgehead atoms. The van der Waals surface area contributed by atoms with Crippen LogP contribution in [-0.2, 0) is 11.3 Å². The lowest BCUT2D eigenvalue weighted by Gasteiger charge is -2.27. The van der Waals surface area contributed by atoms with E-state index in [-0.39, 0.29) is 6.10 Å². The molecule has 2 aromatic heterocycles. The van der Waals surface area contributed by atoms with Gasteiger partial charge in [-0.15, -0.1) is 0 Å². The van der Waals surface area contributed by atoms with Crippen LogP contribution < -0.4 is 5.32 Å². The van der Waals surface area contributed by atoms with Gasteiger partial charge in [-0.05, 0) is 19.2 Å². The maximum Gasteiger partial charge on any atom is 0.202 e. The molecule has 0 amide bonds. The number of hydrogen-bond acceptors (Lipinski definition) is 6. The Morgan fingerprint density at radius 3 is 3.15 bits per heavy atom. The van der Waals surface area contributed by atoms with E-state index in [0.29, 0.717) is 11.5 Å². The van der Waals surface area contributed by atoms with Crippen LogP contribution in [0, 0.1) is 0 Å². The minimum atomic E-state index is 0.241. The Bertz CT molecular complexity index is 518. The number of morpholine rings is 1. The minimum Gasteiger partial charge on any atom is -0.461 e. The number of aromatic nitrogens is 1. The van der Waals surface area contributed by atoms with Crippen molar-refractivity contribution < 1.29 is 13.7 Å². The fraction of sp³-hybridized carbons (Fsp3) is 0.500. The standard InChI is InChI=1S/C14H19N3O3/c1-17(10-12-8-15-4-6-18-12)9-11-7-14(20-16-11)13-3-2-5-19-13/h2-3,5,7,12,15H,4,6,8-10H2,1H3. The zero-order valence-corrected chi connectivity index (χ0v) is 11.5. The fourth-order valence-electron chi connectivity index (χ4n) is 2.35. The molecule has 3 rings (SSSR count). The van der Waals surface area contributed by atoms with Gasteiger partial charge in [0.25, 0.3) is 0 Å². The van der Waals surface area contributed by atoms with Gasteiger partial charge in [0.05, 0.1) is 24.7 Å². The molecule has 20 heavy (non-hydrogen) atoms. The summed E-state index contributed by atoms with van der Waals surface area (Å²) in [5, 5.41) is 7.40. The molecule has 1 saturated heterocycles. The van der Waals surface area contributed by atoms with E-state index in [9.17, 15) is 0 Å². The van der Waals surface area contributed by atoms with Crippen LogP contribution in [0.3, 0.4) is 0 Å². The van der Waals surface area contributed by atoms with Gasteiger partial charge >= 0.3 is 0 Å². The minimum absolute atomic E-state index is 0.241. The summed E-state index contributed by atoms with van der Waals surface area (Å²) in [5.41, 5.74) is 0.891. The Balaban J connectivity index is 1.54. The fourth-order valence-corrected chi connectivity index (χ4v) is 2.35. The number of rotatable bonds is 5. The highest BCUT2D eigenvalue weighted by molar-refractivity contribution is 5.49. The Morgan fingerprint density at radius 2 is 2.40 bits per heavy atom. The summed E-state index contributed by atoms with van der Waals surface area (Å²) < 4.78 is 16.3. The number of likely N-dealkylation sites (N-methyl/N-ethyl adjacent to an activating group) is 1. The maximum absolute atomic E-state index is 5.69. The van der Waals surface area contributed by atoms with Crippen molar-refractivity contribution in [1.82, 2.24) is 15.4 Å². The Labute approximate surface area is 117 Å². The second-order valence-electron chi connectivity index (χ2n) is 5.05. The summed E-state index contributed by atoms with van der Waals surface area (Å²) in [6, 6.07) is 5.60. The van der Waals surface area contributed by atoms with Crippen LogP contribution in [-0.4, -0.2) is 49.4 Å². The third kappa shape index (κ3) is 3.27. The van der Waals surface area contributed by atoms with Crippen LogP contribution in [0.5, 0.6) is 0 Å². The average molecular weight is 277 g/mol. The van der Waals surface area contributed by atoms with Crippen LogP contribution in [0.1, 0.15) is 5.69 Å². The predicted octanol–water partition coefficient (Wildman–Crippen LogP) is 1.35. The molecule has 1 aliphatic heterocycles. The van der Waals surface area contributed by atoms with Crippen LogP contribution in [0.2, 0.25) is 0 Å². The Morgan fingerprint density at radius 1 is 1.45 bits per heavy atom. The van der Waals surface area contributed by atoms with E-state index in [0.717, 1.165) is 38.5 Å². The van der Waals surface area contributed by atoms with Gasteiger partial charge in [-0.2, -0.15) is 0 Å². The maximum atomic E-state index is 5.69. The number of nitrogens with one attached hydrogen (secondary N) is 1. The van der Waals surface area contributed by atoms with Gasteiger partial charge in [0, 0.05) is 32.2 Å². The zero-order chi connectivity index (χ0) is 13.8. The van der Waals surface area contributed by atoms with E-state index in [1.54, 1.807) is 6.26 Å². The molecule has 1 aliphatic rings.